The highest BCUT2D eigenvalue weighted by molar-refractivity contribution is 7.99. The second-order valence-electron chi connectivity index (χ2n) is 4.31. The minimum Gasteiger partial charge on any atom is -0.388 e. The van der Waals surface area contributed by atoms with Crippen molar-refractivity contribution >= 4 is 23.4 Å². The molecule has 0 amide bonds. The first kappa shape index (κ1) is 13.2. The van der Waals surface area contributed by atoms with Crippen molar-refractivity contribution in [2.24, 2.45) is 0 Å². The van der Waals surface area contributed by atoms with E-state index in [1.807, 2.05) is 36.0 Å². The van der Waals surface area contributed by atoms with E-state index in [-0.39, 0.29) is 0 Å². The van der Waals surface area contributed by atoms with Gasteiger partial charge in [0, 0.05) is 36.2 Å². The van der Waals surface area contributed by atoms with Crippen LogP contribution in [0.15, 0.2) is 24.3 Å². The van der Waals surface area contributed by atoms with Crippen LogP contribution in [-0.2, 0) is 0 Å². The molecular weight excluding hydrogens is 254 g/mol. The first-order valence-electron chi connectivity index (χ1n) is 5.99. The second-order valence-corrected chi connectivity index (χ2v) is 5.97. The summed E-state index contributed by atoms with van der Waals surface area (Å²) < 4.78 is 0. The number of aliphatic hydroxyl groups is 1. The van der Waals surface area contributed by atoms with E-state index in [0.29, 0.717) is 5.02 Å². The number of aliphatic hydroxyl groups excluding tert-OH is 1. The van der Waals surface area contributed by atoms with Gasteiger partial charge in [-0.2, -0.15) is 11.8 Å². The third-order valence-electron chi connectivity index (χ3n) is 3.06. The zero-order valence-corrected chi connectivity index (χ0v) is 11.4. The molecule has 1 unspecified atom stereocenters. The molecule has 1 N–H and O–H groups in total. The van der Waals surface area contributed by atoms with Crippen LogP contribution in [-0.4, -0.2) is 41.1 Å². The third-order valence-corrected chi connectivity index (χ3v) is 4.23. The Balaban J connectivity index is 1.82. The smallest absolute Gasteiger partial charge is 0.0802 e. The molecule has 1 heterocycles. The maximum Gasteiger partial charge on any atom is 0.0802 e. The summed E-state index contributed by atoms with van der Waals surface area (Å²) in [6.45, 7) is 3.26. The summed E-state index contributed by atoms with van der Waals surface area (Å²) >= 11 is 7.92. The molecule has 0 spiro atoms. The van der Waals surface area contributed by atoms with Gasteiger partial charge in [-0.15, -0.1) is 0 Å². The van der Waals surface area contributed by atoms with Crippen molar-refractivity contribution in [3.63, 3.8) is 0 Å². The Bertz CT molecular complexity index is 355. The van der Waals surface area contributed by atoms with E-state index in [2.05, 4.69) is 4.90 Å². The molecule has 1 aliphatic rings. The van der Waals surface area contributed by atoms with Crippen LogP contribution in [0.2, 0.25) is 5.02 Å². The molecule has 1 aliphatic heterocycles. The van der Waals surface area contributed by atoms with Crippen LogP contribution in [0.1, 0.15) is 18.1 Å². The van der Waals surface area contributed by atoms with E-state index in [9.17, 15) is 5.11 Å². The SMILES string of the molecule is OC(CCN1CCSCC1)c1cccc(Cl)c1. The number of benzene rings is 1. The van der Waals surface area contributed by atoms with Crippen LogP contribution in [0.4, 0.5) is 0 Å². The molecule has 1 aromatic rings. The number of thioether (sulfide) groups is 1. The molecule has 1 fully saturated rings. The summed E-state index contributed by atoms with van der Waals surface area (Å²) in [5.74, 6) is 2.43. The van der Waals surface area contributed by atoms with Crippen LogP contribution < -0.4 is 0 Å². The van der Waals surface area contributed by atoms with Gasteiger partial charge in [-0.25, -0.2) is 0 Å². The fourth-order valence-corrected chi connectivity index (χ4v) is 3.19. The minimum atomic E-state index is -0.400. The van der Waals surface area contributed by atoms with Gasteiger partial charge in [0.2, 0.25) is 0 Å². The average molecular weight is 272 g/mol. The quantitative estimate of drug-likeness (QED) is 0.911. The van der Waals surface area contributed by atoms with Crippen LogP contribution in [0.25, 0.3) is 0 Å². The molecule has 2 rings (SSSR count). The molecule has 4 heteroatoms. The van der Waals surface area contributed by atoms with E-state index in [0.717, 1.165) is 31.6 Å². The summed E-state index contributed by atoms with van der Waals surface area (Å²) in [6.07, 6.45) is 0.383. The summed E-state index contributed by atoms with van der Waals surface area (Å²) in [6, 6.07) is 7.50. The van der Waals surface area contributed by atoms with Gasteiger partial charge in [0.05, 0.1) is 6.10 Å². The summed E-state index contributed by atoms with van der Waals surface area (Å²) in [5, 5.41) is 10.8. The normalized spacial score (nSPS) is 19.2. The number of hydrogen-bond donors (Lipinski definition) is 1. The summed E-state index contributed by atoms with van der Waals surface area (Å²) in [4.78, 5) is 2.42. The van der Waals surface area contributed by atoms with E-state index in [4.69, 9.17) is 11.6 Å². The predicted molar refractivity (Wildman–Crippen MR) is 74.8 cm³/mol. The lowest BCUT2D eigenvalue weighted by atomic mass is 10.1. The number of hydrogen-bond acceptors (Lipinski definition) is 3. The standard InChI is InChI=1S/C13H18ClNOS/c14-12-3-1-2-11(10-12)13(16)4-5-15-6-8-17-9-7-15/h1-3,10,13,16H,4-9H2. The van der Waals surface area contributed by atoms with Crippen LogP contribution in [0.3, 0.4) is 0 Å². The molecular formula is C13H18ClNOS. The van der Waals surface area contributed by atoms with Crippen LogP contribution in [0, 0.1) is 0 Å². The van der Waals surface area contributed by atoms with Crippen LogP contribution >= 0.6 is 23.4 Å². The van der Waals surface area contributed by atoms with Gasteiger partial charge in [-0.3, -0.25) is 0 Å². The highest BCUT2D eigenvalue weighted by atomic mass is 35.5. The fourth-order valence-electron chi connectivity index (χ4n) is 2.01. The Hall–Kier alpha value is -0.220. The Kier molecular flexibility index (Phi) is 5.16. The lowest BCUT2D eigenvalue weighted by Gasteiger charge is -2.27. The van der Waals surface area contributed by atoms with Crippen molar-refractivity contribution in [1.29, 1.82) is 0 Å². The average Bonchev–Trinajstić information content (AvgIpc) is 2.37. The first-order valence-corrected chi connectivity index (χ1v) is 7.52. The van der Waals surface area contributed by atoms with Gasteiger partial charge < -0.3 is 10.0 Å². The Morgan fingerprint density at radius 3 is 2.82 bits per heavy atom. The number of rotatable bonds is 4. The molecule has 1 atom stereocenters. The fraction of sp³-hybridized carbons (Fsp3) is 0.538. The van der Waals surface area contributed by atoms with E-state index < -0.39 is 6.10 Å². The zero-order chi connectivity index (χ0) is 12.1. The summed E-state index contributed by atoms with van der Waals surface area (Å²) in [5.41, 5.74) is 0.920. The van der Waals surface area contributed by atoms with Gasteiger partial charge in [0.1, 0.15) is 0 Å². The van der Waals surface area contributed by atoms with Crippen molar-refractivity contribution in [3.05, 3.63) is 34.9 Å². The molecule has 0 saturated carbocycles. The Labute approximate surface area is 112 Å². The largest absolute Gasteiger partial charge is 0.388 e. The molecule has 0 aliphatic carbocycles. The van der Waals surface area contributed by atoms with E-state index in [1.165, 1.54) is 11.5 Å². The Morgan fingerprint density at radius 2 is 2.12 bits per heavy atom. The molecule has 17 heavy (non-hydrogen) atoms. The molecule has 0 radical (unpaired) electrons. The highest BCUT2D eigenvalue weighted by Gasteiger charge is 2.13. The van der Waals surface area contributed by atoms with Crippen molar-refractivity contribution in [3.8, 4) is 0 Å². The van der Waals surface area contributed by atoms with Crippen LogP contribution in [0.5, 0.6) is 0 Å². The topological polar surface area (TPSA) is 23.5 Å². The molecule has 1 aromatic carbocycles. The minimum absolute atomic E-state index is 0.400. The van der Waals surface area contributed by atoms with Gasteiger partial charge in [-0.05, 0) is 24.1 Å². The first-order chi connectivity index (χ1) is 8.25. The maximum atomic E-state index is 10.1. The molecule has 2 nitrogen and oxygen atoms in total. The molecule has 0 aromatic heterocycles. The van der Waals surface area contributed by atoms with Crippen molar-refractivity contribution in [2.45, 2.75) is 12.5 Å². The lowest BCUT2D eigenvalue weighted by Crippen LogP contribution is -2.33. The molecule has 1 saturated heterocycles. The van der Waals surface area contributed by atoms with Crippen molar-refractivity contribution < 1.29 is 5.11 Å². The third kappa shape index (κ3) is 4.18. The van der Waals surface area contributed by atoms with Gasteiger partial charge in [0.25, 0.3) is 0 Å². The van der Waals surface area contributed by atoms with E-state index >= 15 is 0 Å². The maximum absolute atomic E-state index is 10.1. The number of halogens is 1. The highest BCUT2D eigenvalue weighted by Crippen LogP contribution is 2.21. The molecule has 0 bridgehead atoms. The monoisotopic (exact) mass is 271 g/mol. The van der Waals surface area contributed by atoms with Crippen molar-refractivity contribution in [1.82, 2.24) is 4.90 Å². The van der Waals surface area contributed by atoms with Gasteiger partial charge >= 0.3 is 0 Å². The summed E-state index contributed by atoms with van der Waals surface area (Å²) in [7, 11) is 0. The van der Waals surface area contributed by atoms with Gasteiger partial charge in [0.15, 0.2) is 0 Å². The van der Waals surface area contributed by atoms with Gasteiger partial charge in [-0.1, -0.05) is 23.7 Å². The van der Waals surface area contributed by atoms with Crippen molar-refractivity contribution in [2.75, 3.05) is 31.1 Å². The number of nitrogens with zero attached hydrogens (tertiary/aromatic N) is 1. The predicted octanol–water partition coefficient (Wildman–Crippen LogP) is 2.81. The molecule has 94 valence electrons. The second kappa shape index (κ2) is 6.64. The lowest BCUT2D eigenvalue weighted by molar-refractivity contribution is 0.145. The zero-order valence-electron chi connectivity index (χ0n) is 9.81. The Morgan fingerprint density at radius 1 is 1.35 bits per heavy atom. The van der Waals surface area contributed by atoms with E-state index in [1.54, 1.807) is 0 Å².